The summed E-state index contributed by atoms with van der Waals surface area (Å²) in [6.45, 7) is 5.68. The van der Waals surface area contributed by atoms with Crippen molar-refractivity contribution in [3.63, 3.8) is 0 Å². The molecule has 1 rings (SSSR count). The first-order valence-corrected chi connectivity index (χ1v) is 5.67. The molecular formula is C11H21N5. The van der Waals surface area contributed by atoms with Crippen LogP contribution in [0.1, 0.15) is 20.3 Å². The van der Waals surface area contributed by atoms with E-state index in [4.69, 9.17) is 5.73 Å². The van der Waals surface area contributed by atoms with Crippen LogP contribution in [0.4, 0.5) is 11.6 Å². The van der Waals surface area contributed by atoms with Gasteiger partial charge in [-0.1, -0.05) is 6.92 Å². The summed E-state index contributed by atoms with van der Waals surface area (Å²) in [5, 5.41) is 3.32. The van der Waals surface area contributed by atoms with Crippen LogP contribution in [-0.2, 0) is 0 Å². The van der Waals surface area contributed by atoms with E-state index in [2.05, 4.69) is 29.1 Å². The van der Waals surface area contributed by atoms with Gasteiger partial charge >= 0.3 is 0 Å². The molecule has 1 atom stereocenters. The highest BCUT2D eigenvalue weighted by Gasteiger charge is 2.05. The van der Waals surface area contributed by atoms with E-state index in [1.807, 2.05) is 18.0 Å². The molecule has 1 unspecified atom stereocenters. The van der Waals surface area contributed by atoms with Gasteiger partial charge < -0.3 is 16.0 Å². The molecule has 0 aliphatic heterocycles. The summed E-state index contributed by atoms with van der Waals surface area (Å²) < 4.78 is 0. The summed E-state index contributed by atoms with van der Waals surface area (Å²) in [5.74, 6) is 1.76. The van der Waals surface area contributed by atoms with E-state index in [1.165, 1.54) is 0 Å². The fourth-order valence-electron chi connectivity index (χ4n) is 1.30. The lowest BCUT2D eigenvalue weighted by molar-refractivity contribution is 0.757. The number of hydrogen-bond donors (Lipinski definition) is 2. The smallest absolute Gasteiger partial charge is 0.133 e. The first kappa shape index (κ1) is 12.7. The lowest BCUT2D eigenvalue weighted by atomic mass is 10.2. The third kappa shape index (κ3) is 3.66. The van der Waals surface area contributed by atoms with Gasteiger partial charge in [-0.25, -0.2) is 9.97 Å². The Morgan fingerprint density at radius 1 is 1.50 bits per heavy atom. The van der Waals surface area contributed by atoms with Gasteiger partial charge in [-0.3, -0.25) is 0 Å². The van der Waals surface area contributed by atoms with Crippen molar-refractivity contribution in [1.29, 1.82) is 0 Å². The third-order valence-corrected chi connectivity index (χ3v) is 2.51. The number of hydrogen-bond acceptors (Lipinski definition) is 5. The number of rotatable bonds is 6. The Morgan fingerprint density at radius 2 is 2.25 bits per heavy atom. The molecule has 0 radical (unpaired) electrons. The van der Waals surface area contributed by atoms with Crippen LogP contribution in [0.3, 0.4) is 0 Å². The minimum absolute atomic E-state index is 0.419. The number of likely N-dealkylation sites (N-methyl/N-ethyl adjacent to an activating group) is 1. The fraction of sp³-hybridized carbons (Fsp3) is 0.636. The lowest BCUT2D eigenvalue weighted by Gasteiger charge is -2.18. The summed E-state index contributed by atoms with van der Waals surface area (Å²) in [6.07, 6.45) is 2.64. The molecule has 0 aliphatic carbocycles. The van der Waals surface area contributed by atoms with E-state index in [0.717, 1.165) is 24.6 Å². The van der Waals surface area contributed by atoms with Crippen molar-refractivity contribution in [3.8, 4) is 0 Å². The summed E-state index contributed by atoms with van der Waals surface area (Å²) >= 11 is 0. The number of nitrogens with zero attached hydrogens (tertiary/aromatic N) is 3. The summed E-state index contributed by atoms with van der Waals surface area (Å²) in [5.41, 5.74) is 5.51. The molecule has 1 aromatic heterocycles. The molecule has 16 heavy (non-hydrogen) atoms. The third-order valence-electron chi connectivity index (χ3n) is 2.51. The zero-order chi connectivity index (χ0) is 12.0. The molecule has 0 aliphatic rings. The minimum atomic E-state index is 0.419. The molecule has 0 bridgehead atoms. The van der Waals surface area contributed by atoms with Gasteiger partial charge in [-0.05, 0) is 13.3 Å². The monoisotopic (exact) mass is 223 g/mol. The molecule has 5 heteroatoms. The maximum absolute atomic E-state index is 5.51. The molecule has 1 aromatic rings. The Labute approximate surface area is 97.1 Å². The van der Waals surface area contributed by atoms with Crippen LogP contribution in [0.15, 0.2) is 12.4 Å². The number of anilines is 2. The molecule has 0 spiro atoms. The second-order valence-electron chi connectivity index (χ2n) is 3.93. The SMILES string of the molecule is CCC(C)Nc1cc(N(C)CCN)ncn1. The van der Waals surface area contributed by atoms with E-state index in [1.54, 1.807) is 6.33 Å². The lowest BCUT2D eigenvalue weighted by Crippen LogP contribution is -2.26. The molecule has 90 valence electrons. The Morgan fingerprint density at radius 3 is 2.88 bits per heavy atom. The van der Waals surface area contributed by atoms with E-state index >= 15 is 0 Å². The van der Waals surface area contributed by atoms with Gasteiger partial charge in [0.25, 0.3) is 0 Å². The number of nitrogens with two attached hydrogens (primary N) is 1. The Hall–Kier alpha value is -1.36. The molecule has 0 fully saturated rings. The van der Waals surface area contributed by atoms with Crippen LogP contribution >= 0.6 is 0 Å². The predicted octanol–water partition coefficient (Wildman–Crippen LogP) is 1.08. The zero-order valence-electron chi connectivity index (χ0n) is 10.3. The Kier molecular flexibility index (Phi) is 4.98. The average molecular weight is 223 g/mol. The summed E-state index contributed by atoms with van der Waals surface area (Å²) in [4.78, 5) is 10.4. The van der Waals surface area contributed by atoms with Crippen LogP contribution in [0.25, 0.3) is 0 Å². The minimum Gasteiger partial charge on any atom is -0.367 e. The van der Waals surface area contributed by atoms with E-state index < -0.39 is 0 Å². The molecule has 0 saturated heterocycles. The van der Waals surface area contributed by atoms with Gasteiger partial charge in [0.1, 0.15) is 18.0 Å². The second kappa shape index (κ2) is 6.27. The van der Waals surface area contributed by atoms with Crippen LogP contribution in [0.5, 0.6) is 0 Å². The first-order chi connectivity index (χ1) is 7.67. The standard InChI is InChI=1S/C11H21N5/c1-4-9(2)15-10-7-11(14-8-13-10)16(3)6-5-12/h7-9H,4-6,12H2,1-3H3,(H,13,14,15). The van der Waals surface area contributed by atoms with E-state index in [0.29, 0.717) is 12.6 Å². The summed E-state index contributed by atoms with van der Waals surface area (Å²) in [6, 6.07) is 2.37. The Balaban J connectivity index is 2.70. The van der Waals surface area contributed by atoms with Crippen molar-refractivity contribution in [3.05, 3.63) is 12.4 Å². The van der Waals surface area contributed by atoms with Crippen LogP contribution in [0, 0.1) is 0 Å². The van der Waals surface area contributed by atoms with Gasteiger partial charge in [0, 0.05) is 32.2 Å². The van der Waals surface area contributed by atoms with Crippen LogP contribution in [-0.4, -0.2) is 36.1 Å². The molecule has 5 nitrogen and oxygen atoms in total. The maximum atomic E-state index is 5.51. The highest BCUT2D eigenvalue weighted by molar-refractivity contribution is 5.48. The second-order valence-corrected chi connectivity index (χ2v) is 3.93. The molecule has 3 N–H and O–H groups in total. The van der Waals surface area contributed by atoms with Gasteiger partial charge in [-0.2, -0.15) is 0 Å². The van der Waals surface area contributed by atoms with Crippen molar-refractivity contribution in [2.45, 2.75) is 26.3 Å². The quantitative estimate of drug-likeness (QED) is 0.755. The van der Waals surface area contributed by atoms with Crippen LogP contribution < -0.4 is 16.0 Å². The van der Waals surface area contributed by atoms with Crippen molar-refractivity contribution >= 4 is 11.6 Å². The van der Waals surface area contributed by atoms with Crippen molar-refractivity contribution in [2.24, 2.45) is 5.73 Å². The highest BCUT2D eigenvalue weighted by atomic mass is 15.2. The summed E-state index contributed by atoms with van der Waals surface area (Å²) in [7, 11) is 1.97. The molecule has 0 saturated carbocycles. The first-order valence-electron chi connectivity index (χ1n) is 5.67. The largest absolute Gasteiger partial charge is 0.367 e. The van der Waals surface area contributed by atoms with Crippen molar-refractivity contribution in [1.82, 2.24) is 9.97 Å². The van der Waals surface area contributed by atoms with E-state index in [-0.39, 0.29) is 0 Å². The van der Waals surface area contributed by atoms with E-state index in [9.17, 15) is 0 Å². The fourth-order valence-corrected chi connectivity index (χ4v) is 1.30. The average Bonchev–Trinajstić information content (AvgIpc) is 2.29. The number of aromatic nitrogens is 2. The highest BCUT2D eigenvalue weighted by Crippen LogP contribution is 2.13. The number of nitrogens with one attached hydrogen (secondary N) is 1. The van der Waals surface area contributed by atoms with Crippen molar-refractivity contribution < 1.29 is 0 Å². The normalized spacial score (nSPS) is 12.2. The van der Waals surface area contributed by atoms with Gasteiger partial charge in [0.05, 0.1) is 0 Å². The Bertz CT molecular complexity index is 315. The maximum Gasteiger partial charge on any atom is 0.133 e. The zero-order valence-corrected chi connectivity index (χ0v) is 10.3. The topological polar surface area (TPSA) is 67.1 Å². The van der Waals surface area contributed by atoms with Crippen molar-refractivity contribution in [2.75, 3.05) is 30.4 Å². The van der Waals surface area contributed by atoms with Gasteiger partial charge in [-0.15, -0.1) is 0 Å². The van der Waals surface area contributed by atoms with Gasteiger partial charge in [0.15, 0.2) is 0 Å². The van der Waals surface area contributed by atoms with Gasteiger partial charge in [0.2, 0.25) is 0 Å². The van der Waals surface area contributed by atoms with Crippen LogP contribution in [0.2, 0.25) is 0 Å². The predicted molar refractivity (Wildman–Crippen MR) is 67.7 cm³/mol. The molecular weight excluding hydrogens is 202 g/mol. The molecule has 0 amide bonds. The molecule has 0 aromatic carbocycles. The molecule has 1 heterocycles.